The van der Waals surface area contributed by atoms with Crippen LogP contribution in [0, 0.1) is 11.8 Å². The highest BCUT2D eigenvalue weighted by Gasteiger charge is 2.75. The number of benzene rings is 1. The van der Waals surface area contributed by atoms with Gasteiger partial charge in [-0.15, -0.1) is 0 Å². The summed E-state index contributed by atoms with van der Waals surface area (Å²) >= 11 is 6.06. The second kappa shape index (κ2) is 4.38. The van der Waals surface area contributed by atoms with Gasteiger partial charge in [0.15, 0.2) is 11.0 Å². The van der Waals surface area contributed by atoms with E-state index in [9.17, 15) is 14.7 Å². The molecule has 3 fully saturated rings. The summed E-state index contributed by atoms with van der Waals surface area (Å²) in [5, 5.41) is 18.2. The predicted octanol–water partition coefficient (Wildman–Crippen LogP) is 1.29. The van der Waals surface area contributed by atoms with Crippen LogP contribution < -0.4 is 4.90 Å². The van der Waals surface area contributed by atoms with Crippen molar-refractivity contribution in [2.75, 3.05) is 4.90 Å². The summed E-state index contributed by atoms with van der Waals surface area (Å²) in [6.45, 7) is 3.47. The fraction of sp³-hybridized carbons (Fsp3) is 0.500. The Bertz CT molecular complexity index is 960. The number of fused-ring (bicyclic) bond motifs is 6. The van der Waals surface area contributed by atoms with E-state index in [0.717, 1.165) is 4.90 Å². The summed E-state index contributed by atoms with van der Waals surface area (Å²) in [5.41, 5.74) is -1.12. The molecule has 9 heteroatoms. The molecule has 1 aromatic heterocycles. The van der Waals surface area contributed by atoms with Crippen molar-refractivity contribution in [1.82, 2.24) is 10.3 Å². The monoisotopic (exact) mass is 363 g/mol. The molecule has 3 saturated heterocycles. The van der Waals surface area contributed by atoms with Gasteiger partial charge >= 0.3 is 0 Å². The molecule has 0 radical (unpaired) electrons. The zero-order valence-electron chi connectivity index (χ0n) is 13.4. The van der Waals surface area contributed by atoms with E-state index in [1.54, 1.807) is 26.0 Å². The zero-order valence-corrected chi connectivity index (χ0v) is 14.1. The highest BCUT2D eigenvalue weighted by molar-refractivity contribution is 6.36. The number of imide groups is 1. The Labute approximate surface area is 146 Å². The van der Waals surface area contributed by atoms with Crippen molar-refractivity contribution in [3.63, 3.8) is 0 Å². The Balaban J connectivity index is 1.68. The van der Waals surface area contributed by atoms with Crippen molar-refractivity contribution in [3.05, 3.63) is 17.2 Å². The lowest BCUT2D eigenvalue weighted by Crippen LogP contribution is -2.49. The number of halogens is 1. The first-order valence-corrected chi connectivity index (χ1v) is 8.32. The number of hydrogen-bond acceptors (Lipinski definition) is 7. The third-order valence-corrected chi connectivity index (χ3v) is 6.19. The molecule has 2 aromatic rings. The van der Waals surface area contributed by atoms with E-state index in [2.05, 4.69) is 10.3 Å². The molecule has 2 bridgehead atoms. The van der Waals surface area contributed by atoms with Crippen molar-refractivity contribution in [3.8, 4) is 0 Å². The van der Waals surface area contributed by atoms with Crippen LogP contribution in [0.1, 0.15) is 20.3 Å². The predicted molar refractivity (Wildman–Crippen MR) is 84.8 cm³/mol. The normalized spacial score (nSPS) is 39.7. The van der Waals surface area contributed by atoms with E-state index in [0.29, 0.717) is 11.4 Å². The summed E-state index contributed by atoms with van der Waals surface area (Å²) < 4.78 is 10.7. The number of hydrogen-bond donors (Lipinski definition) is 1. The fourth-order valence-corrected chi connectivity index (χ4v) is 4.95. The van der Waals surface area contributed by atoms with Gasteiger partial charge in [-0.1, -0.05) is 11.6 Å². The molecule has 25 heavy (non-hydrogen) atoms. The van der Waals surface area contributed by atoms with E-state index in [1.165, 1.54) is 0 Å². The number of aliphatic hydroxyl groups excluding tert-OH is 1. The van der Waals surface area contributed by atoms with Crippen LogP contribution in [0.3, 0.4) is 0 Å². The molecular weight excluding hydrogens is 350 g/mol. The van der Waals surface area contributed by atoms with Gasteiger partial charge in [0.1, 0.15) is 5.60 Å². The first-order valence-electron chi connectivity index (χ1n) is 7.95. The van der Waals surface area contributed by atoms with E-state index in [-0.39, 0.29) is 22.6 Å². The van der Waals surface area contributed by atoms with Crippen molar-refractivity contribution < 1.29 is 24.1 Å². The maximum Gasteiger partial charge on any atom is 0.240 e. The molecule has 0 spiro atoms. The Hall–Kier alpha value is -2.03. The van der Waals surface area contributed by atoms with Gasteiger partial charge in [0.2, 0.25) is 11.8 Å². The quantitative estimate of drug-likeness (QED) is 0.761. The largest absolute Gasteiger partial charge is 0.390 e. The van der Waals surface area contributed by atoms with Crippen molar-refractivity contribution >= 4 is 40.1 Å². The van der Waals surface area contributed by atoms with Crippen LogP contribution in [-0.2, 0) is 14.3 Å². The molecule has 3 aliphatic heterocycles. The van der Waals surface area contributed by atoms with Gasteiger partial charge in [0.05, 0.1) is 34.3 Å². The van der Waals surface area contributed by atoms with Gasteiger partial charge < -0.3 is 9.84 Å². The number of nitrogens with zero attached hydrogens (tertiary/aromatic N) is 3. The number of carbonyl (C=O) groups excluding carboxylic acids is 2. The van der Waals surface area contributed by atoms with Crippen LogP contribution in [-0.4, -0.2) is 44.5 Å². The van der Waals surface area contributed by atoms with Crippen molar-refractivity contribution in [1.29, 1.82) is 0 Å². The molecular formula is C16H14ClN3O5. The second-order valence-electron chi connectivity index (χ2n) is 7.31. The number of anilines is 1. The minimum atomic E-state index is -1.07. The van der Waals surface area contributed by atoms with Crippen LogP contribution >= 0.6 is 11.6 Å². The van der Waals surface area contributed by atoms with Crippen LogP contribution in [0.4, 0.5) is 5.69 Å². The lowest BCUT2D eigenvalue weighted by molar-refractivity contribution is -0.132. The number of aromatic nitrogens is 2. The van der Waals surface area contributed by atoms with Gasteiger partial charge in [-0.25, -0.2) is 9.53 Å². The van der Waals surface area contributed by atoms with Crippen LogP contribution in [0.25, 0.3) is 11.0 Å². The number of carbonyl (C=O) groups is 2. The number of amides is 2. The fourth-order valence-electron chi connectivity index (χ4n) is 4.76. The van der Waals surface area contributed by atoms with Gasteiger partial charge in [-0.2, -0.15) is 0 Å². The Morgan fingerprint density at radius 3 is 2.64 bits per heavy atom. The lowest BCUT2D eigenvalue weighted by atomic mass is 9.67. The van der Waals surface area contributed by atoms with E-state index >= 15 is 0 Å². The first kappa shape index (κ1) is 15.2. The van der Waals surface area contributed by atoms with Crippen molar-refractivity contribution in [2.45, 2.75) is 37.6 Å². The van der Waals surface area contributed by atoms with Crippen LogP contribution in [0.2, 0.25) is 5.02 Å². The average molecular weight is 364 g/mol. The highest BCUT2D eigenvalue weighted by atomic mass is 35.5. The summed E-state index contributed by atoms with van der Waals surface area (Å²) in [7, 11) is 0. The summed E-state index contributed by atoms with van der Waals surface area (Å²) in [5.74, 6) is -2.15. The summed E-state index contributed by atoms with van der Waals surface area (Å²) in [4.78, 5) is 27.4. The summed E-state index contributed by atoms with van der Waals surface area (Å²) in [6.07, 6.45) is -0.478. The molecule has 1 N–H and O–H groups in total. The molecule has 0 saturated carbocycles. The third kappa shape index (κ3) is 1.60. The number of aliphatic hydroxyl groups is 1. The molecule has 130 valence electrons. The molecule has 4 unspecified atom stereocenters. The molecule has 3 aliphatic rings. The standard InChI is InChI=1S/C16H14ClN3O5/c1-15-5-8(21)16(2,24-15)10-9(15)13(22)20(14(10)23)7-4-3-6(17)11-12(7)19-25-18-11/h3-4,8-10,21H,5H2,1-2H3/t8?,9?,10-,15?,16?/m0/s1. The number of ether oxygens (including phenoxy) is 1. The van der Waals surface area contributed by atoms with Gasteiger partial charge in [-0.3, -0.25) is 9.59 Å². The smallest absolute Gasteiger partial charge is 0.240 e. The van der Waals surface area contributed by atoms with E-state index < -0.39 is 35.0 Å². The van der Waals surface area contributed by atoms with E-state index in [4.69, 9.17) is 21.0 Å². The van der Waals surface area contributed by atoms with Crippen LogP contribution in [0.15, 0.2) is 16.8 Å². The topological polar surface area (TPSA) is 106 Å². The zero-order chi connectivity index (χ0) is 17.7. The molecule has 5 rings (SSSR count). The Kier molecular flexibility index (Phi) is 2.67. The Morgan fingerprint density at radius 2 is 1.88 bits per heavy atom. The molecule has 8 nitrogen and oxygen atoms in total. The van der Waals surface area contributed by atoms with Crippen molar-refractivity contribution in [2.24, 2.45) is 11.8 Å². The first-order chi connectivity index (χ1) is 11.8. The maximum atomic E-state index is 13.1. The number of rotatable bonds is 1. The Morgan fingerprint density at radius 1 is 1.20 bits per heavy atom. The molecule has 1 aromatic carbocycles. The molecule has 2 amide bonds. The minimum Gasteiger partial charge on any atom is -0.390 e. The molecule has 5 atom stereocenters. The average Bonchev–Trinajstić information content (AvgIpc) is 3.22. The minimum absolute atomic E-state index is 0.248. The third-order valence-electron chi connectivity index (χ3n) is 5.88. The SMILES string of the molecule is CC12CC(O)C(C)(O1)[C@@H]1C(=O)N(c3ccc(Cl)c4nonc34)C(=O)C12. The van der Waals surface area contributed by atoms with Gasteiger partial charge in [0, 0.05) is 6.42 Å². The van der Waals surface area contributed by atoms with Crippen LogP contribution in [0.5, 0.6) is 0 Å². The molecule has 0 aliphatic carbocycles. The maximum absolute atomic E-state index is 13.1. The molecule has 4 heterocycles. The summed E-state index contributed by atoms with van der Waals surface area (Å²) in [6, 6.07) is 3.09. The van der Waals surface area contributed by atoms with Gasteiger partial charge in [0.25, 0.3) is 0 Å². The van der Waals surface area contributed by atoms with Gasteiger partial charge in [-0.05, 0) is 36.3 Å². The lowest BCUT2D eigenvalue weighted by Gasteiger charge is -2.31. The van der Waals surface area contributed by atoms with E-state index in [1.807, 2.05) is 0 Å². The second-order valence-corrected chi connectivity index (χ2v) is 7.72. The highest BCUT2D eigenvalue weighted by Crippen LogP contribution is 2.61.